The van der Waals surface area contributed by atoms with Gasteiger partial charge in [0.2, 0.25) is 0 Å². The fourth-order valence-electron chi connectivity index (χ4n) is 1.96. The van der Waals surface area contributed by atoms with E-state index < -0.39 is 0 Å². The number of rotatable bonds is 5. The molecule has 19 heavy (non-hydrogen) atoms. The molecular weight excluding hydrogens is 269 g/mol. The first-order chi connectivity index (χ1) is 9.11. The average molecular weight is 286 g/mol. The van der Waals surface area contributed by atoms with Crippen LogP contribution in [0, 0.1) is 5.82 Å². The lowest BCUT2D eigenvalue weighted by Gasteiger charge is -2.05. The van der Waals surface area contributed by atoms with Gasteiger partial charge in [-0.25, -0.2) is 4.39 Å². The maximum absolute atomic E-state index is 13.3. The number of ether oxygens (including phenoxy) is 1. The highest BCUT2D eigenvalue weighted by Gasteiger charge is 2.39. The monoisotopic (exact) mass is 285 g/mol. The molecule has 2 rings (SSSR count). The normalized spacial score (nSPS) is 22.4. The Morgan fingerprint density at radius 1 is 1.63 bits per heavy atom. The Balaban J connectivity index is 1.87. The fraction of sp³-hybridized carbons (Fsp3) is 0.462. The van der Waals surface area contributed by atoms with Gasteiger partial charge in [0, 0.05) is 19.1 Å². The van der Waals surface area contributed by atoms with Gasteiger partial charge in [0.1, 0.15) is 5.82 Å². The van der Waals surface area contributed by atoms with E-state index in [2.05, 4.69) is 10.3 Å². The van der Waals surface area contributed by atoms with Gasteiger partial charge in [-0.15, -0.1) is 0 Å². The van der Waals surface area contributed by atoms with Crippen molar-refractivity contribution in [2.24, 2.45) is 10.7 Å². The number of nitrogens with zero attached hydrogens (tertiary/aromatic N) is 1. The van der Waals surface area contributed by atoms with E-state index in [1.165, 1.54) is 6.07 Å². The van der Waals surface area contributed by atoms with E-state index in [0.29, 0.717) is 19.1 Å². The first-order valence-corrected chi connectivity index (χ1v) is 6.50. The highest BCUT2D eigenvalue weighted by Crippen LogP contribution is 2.41. The molecule has 2 atom stereocenters. The van der Waals surface area contributed by atoms with Crippen molar-refractivity contribution in [3.05, 3.63) is 34.6 Å². The summed E-state index contributed by atoms with van der Waals surface area (Å²) < 4.78 is 18.2. The Morgan fingerprint density at radius 3 is 3.11 bits per heavy atom. The molecule has 0 aromatic heterocycles. The zero-order valence-corrected chi connectivity index (χ0v) is 11.5. The minimum absolute atomic E-state index is 0.148. The molecule has 4 nitrogen and oxygen atoms in total. The summed E-state index contributed by atoms with van der Waals surface area (Å²) in [6.45, 7) is 1.07. The van der Waals surface area contributed by atoms with Gasteiger partial charge < -0.3 is 15.8 Å². The molecule has 1 aromatic carbocycles. The molecular formula is C13H17ClFN3O. The van der Waals surface area contributed by atoms with Crippen molar-refractivity contribution in [3.8, 4) is 0 Å². The van der Waals surface area contributed by atoms with Crippen LogP contribution < -0.4 is 11.1 Å². The van der Waals surface area contributed by atoms with Crippen LogP contribution in [-0.2, 0) is 4.74 Å². The smallest absolute Gasteiger partial charge is 0.188 e. The molecule has 3 N–H and O–H groups in total. The van der Waals surface area contributed by atoms with Crippen LogP contribution in [0.3, 0.4) is 0 Å². The molecule has 1 saturated carbocycles. The van der Waals surface area contributed by atoms with Gasteiger partial charge in [-0.2, -0.15) is 0 Å². The first-order valence-electron chi connectivity index (χ1n) is 6.12. The fourth-order valence-corrected chi connectivity index (χ4v) is 2.08. The van der Waals surface area contributed by atoms with E-state index in [-0.39, 0.29) is 22.8 Å². The van der Waals surface area contributed by atoms with Crippen LogP contribution in [0.25, 0.3) is 0 Å². The van der Waals surface area contributed by atoms with E-state index in [0.717, 1.165) is 12.0 Å². The second-order valence-electron chi connectivity index (χ2n) is 4.53. The van der Waals surface area contributed by atoms with Crippen LogP contribution in [0.5, 0.6) is 0 Å². The second-order valence-corrected chi connectivity index (χ2v) is 4.93. The maximum Gasteiger partial charge on any atom is 0.188 e. The number of halogens is 2. The number of benzene rings is 1. The number of nitrogens with two attached hydrogens (primary N) is 1. The molecule has 1 aliphatic carbocycles. The van der Waals surface area contributed by atoms with E-state index in [1.807, 2.05) is 6.07 Å². The van der Waals surface area contributed by atoms with Gasteiger partial charge in [-0.05, 0) is 24.1 Å². The van der Waals surface area contributed by atoms with Gasteiger partial charge in [-0.1, -0.05) is 17.7 Å². The average Bonchev–Trinajstić information content (AvgIpc) is 3.12. The molecule has 0 radical (unpaired) electrons. The lowest BCUT2D eigenvalue weighted by atomic mass is 10.1. The number of hydrogen-bond donors (Lipinski definition) is 2. The van der Waals surface area contributed by atoms with Crippen molar-refractivity contribution in [2.45, 2.75) is 18.4 Å². The largest absolute Gasteiger partial charge is 0.383 e. The zero-order chi connectivity index (χ0) is 13.8. The third-order valence-electron chi connectivity index (χ3n) is 3.07. The van der Waals surface area contributed by atoms with E-state index in [4.69, 9.17) is 22.1 Å². The Hall–Kier alpha value is -1.33. The standard InChI is InChI=1S/C13H17ClFN3O/c1-19-5-4-17-13(16)18-12-7-9(12)8-2-3-10(14)11(15)6-8/h2-3,6,9,12H,4-5,7H2,1H3,(H3,16,17,18)/t9-,12+/m0/s1. The van der Waals surface area contributed by atoms with Crippen LogP contribution in [0.1, 0.15) is 17.9 Å². The third-order valence-corrected chi connectivity index (χ3v) is 3.38. The topological polar surface area (TPSA) is 59.6 Å². The number of guanidine groups is 1. The molecule has 1 aliphatic rings. The Morgan fingerprint density at radius 2 is 2.42 bits per heavy atom. The van der Waals surface area contributed by atoms with Gasteiger partial charge in [-0.3, -0.25) is 4.99 Å². The summed E-state index contributed by atoms with van der Waals surface area (Å²) in [7, 11) is 1.62. The summed E-state index contributed by atoms with van der Waals surface area (Å²) >= 11 is 5.66. The Kier molecular flexibility index (Phi) is 4.61. The Bertz CT molecular complexity index is 481. The van der Waals surface area contributed by atoms with Gasteiger partial charge in [0.25, 0.3) is 0 Å². The zero-order valence-electron chi connectivity index (χ0n) is 10.7. The molecule has 0 aliphatic heterocycles. The van der Waals surface area contributed by atoms with Crippen molar-refractivity contribution < 1.29 is 9.13 Å². The second kappa shape index (κ2) is 6.21. The summed E-state index contributed by atoms with van der Waals surface area (Å²) in [5.74, 6) is 0.286. The summed E-state index contributed by atoms with van der Waals surface area (Å²) in [5, 5.41) is 3.26. The van der Waals surface area contributed by atoms with Gasteiger partial charge in [0.15, 0.2) is 5.96 Å². The number of methoxy groups -OCH3 is 1. The Labute approximate surface area is 116 Å². The molecule has 104 valence electrons. The third kappa shape index (κ3) is 3.81. The maximum atomic E-state index is 13.3. The SMILES string of the molecule is COCCN=C(N)N[C@@H]1C[C@H]1c1ccc(Cl)c(F)c1. The van der Waals surface area contributed by atoms with Crippen LogP contribution in [0.15, 0.2) is 23.2 Å². The van der Waals surface area contributed by atoms with Gasteiger partial charge in [0.05, 0.1) is 18.2 Å². The number of aliphatic imine (C=N–C) groups is 1. The van der Waals surface area contributed by atoms with Crippen LogP contribution in [0.2, 0.25) is 5.02 Å². The van der Waals surface area contributed by atoms with Crippen LogP contribution in [0.4, 0.5) is 4.39 Å². The van der Waals surface area contributed by atoms with Crippen molar-refractivity contribution in [1.82, 2.24) is 5.32 Å². The highest BCUT2D eigenvalue weighted by molar-refractivity contribution is 6.30. The summed E-state index contributed by atoms with van der Waals surface area (Å²) in [5.41, 5.74) is 6.67. The molecule has 0 unspecified atom stereocenters. The lowest BCUT2D eigenvalue weighted by molar-refractivity contribution is 0.208. The molecule has 0 bridgehead atoms. The predicted molar refractivity (Wildman–Crippen MR) is 74.1 cm³/mol. The number of hydrogen-bond acceptors (Lipinski definition) is 2. The molecule has 1 aromatic rings. The first kappa shape index (κ1) is 14.1. The summed E-state index contributed by atoms with van der Waals surface area (Å²) in [6, 6.07) is 5.12. The van der Waals surface area contributed by atoms with Crippen LogP contribution >= 0.6 is 11.6 Å². The molecule has 6 heteroatoms. The van der Waals surface area contributed by atoms with Gasteiger partial charge >= 0.3 is 0 Å². The van der Waals surface area contributed by atoms with Crippen molar-refractivity contribution >= 4 is 17.6 Å². The molecule has 0 heterocycles. The highest BCUT2D eigenvalue weighted by atomic mass is 35.5. The van der Waals surface area contributed by atoms with E-state index >= 15 is 0 Å². The molecule has 1 fully saturated rings. The molecule has 0 spiro atoms. The molecule has 0 saturated heterocycles. The minimum atomic E-state index is -0.383. The van der Waals surface area contributed by atoms with Crippen molar-refractivity contribution in [2.75, 3.05) is 20.3 Å². The summed E-state index contributed by atoms with van der Waals surface area (Å²) in [6.07, 6.45) is 0.918. The van der Waals surface area contributed by atoms with E-state index in [9.17, 15) is 4.39 Å². The minimum Gasteiger partial charge on any atom is -0.383 e. The van der Waals surface area contributed by atoms with Crippen molar-refractivity contribution in [3.63, 3.8) is 0 Å². The number of nitrogens with one attached hydrogen (secondary N) is 1. The molecule has 0 amide bonds. The van der Waals surface area contributed by atoms with Crippen LogP contribution in [-0.4, -0.2) is 32.3 Å². The van der Waals surface area contributed by atoms with Crippen molar-refractivity contribution in [1.29, 1.82) is 0 Å². The summed E-state index contributed by atoms with van der Waals surface area (Å²) in [4.78, 5) is 4.12. The predicted octanol–water partition coefficient (Wildman–Crippen LogP) is 1.89. The quantitative estimate of drug-likeness (QED) is 0.493. The van der Waals surface area contributed by atoms with E-state index in [1.54, 1.807) is 13.2 Å². The lowest BCUT2D eigenvalue weighted by Crippen LogP contribution is -2.34.